The maximum Gasteiger partial charge on any atom is 0.407 e. The van der Waals surface area contributed by atoms with Gasteiger partial charge in [0.15, 0.2) is 0 Å². The number of aromatic amines is 2. The molecule has 0 spiro atoms. The van der Waals surface area contributed by atoms with Gasteiger partial charge in [-0.1, -0.05) is 58.0 Å². The van der Waals surface area contributed by atoms with E-state index in [9.17, 15) is 24.3 Å². The summed E-state index contributed by atoms with van der Waals surface area (Å²) in [6.45, 7) is 8.71. The van der Waals surface area contributed by atoms with Gasteiger partial charge in [-0.15, -0.1) is 0 Å². The first-order valence-corrected chi connectivity index (χ1v) is 18.9. The van der Waals surface area contributed by atoms with E-state index in [0.717, 1.165) is 82.9 Å². The first-order valence-electron chi connectivity index (χ1n) is 18.9. The van der Waals surface area contributed by atoms with E-state index in [1.54, 1.807) is 4.90 Å². The van der Waals surface area contributed by atoms with Crippen molar-refractivity contribution in [1.29, 1.82) is 0 Å². The molecule has 2 fully saturated rings. The van der Waals surface area contributed by atoms with Crippen LogP contribution in [-0.2, 0) is 27.2 Å². The van der Waals surface area contributed by atoms with Crippen LogP contribution in [0.15, 0.2) is 48.7 Å². The number of aromatic nitrogens is 4. The summed E-state index contributed by atoms with van der Waals surface area (Å²) in [4.78, 5) is 72.0. The van der Waals surface area contributed by atoms with E-state index >= 15 is 0 Å². The highest BCUT2D eigenvalue weighted by atomic mass is 16.5. The van der Waals surface area contributed by atoms with E-state index in [-0.39, 0.29) is 35.7 Å². The minimum absolute atomic E-state index is 0.105. The van der Waals surface area contributed by atoms with Crippen LogP contribution in [0.4, 0.5) is 9.59 Å². The molecule has 54 heavy (non-hydrogen) atoms. The van der Waals surface area contributed by atoms with Crippen LogP contribution in [-0.4, -0.2) is 103 Å². The summed E-state index contributed by atoms with van der Waals surface area (Å²) in [5.41, 5.74) is 5.91. The predicted molar refractivity (Wildman–Crippen MR) is 203 cm³/mol. The summed E-state index contributed by atoms with van der Waals surface area (Å²) < 4.78 is 4.76. The van der Waals surface area contributed by atoms with Crippen LogP contribution < -0.4 is 5.32 Å². The van der Waals surface area contributed by atoms with Gasteiger partial charge >= 0.3 is 12.2 Å². The third-order valence-corrected chi connectivity index (χ3v) is 10.8. The highest BCUT2D eigenvalue weighted by molar-refractivity contribution is 5.87. The minimum atomic E-state index is -1.12. The zero-order valence-electron chi connectivity index (χ0n) is 32.0. The number of imidazole rings is 2. The Morgan fingerprint density at radius 1 is 0.889 bits per heavy atom. The van der Waals surface area contributed by atoms with Crippen molar-refractivity contribution in [2.24, 2.45) is 11.8 Å². The Morgan fingerprint density at radius 3 is 2.17 bits per heavy atom. The van der Waals surface area contributed by atoms with Gasteiger partial charge in [-0.05, 0) is 79.2 Å². The molecule has 4 N–H and O–H groups in total. The monoisotopic (exact) mass is 740 g/mol. The van der Waals surface area contributed by atoms with Crippen molar-refractivity contribution in [3.8, 4) is 11.1 Å². The zero-order chi connectivity index (χ0) is 38.7. The fraction of sp³-hybridized carbons (Fsp3) is 0.500. The molecule has 0 bridgehead atoms. The van der Waals surface area contributed by atoms with Crippen molar-refractivity contribution in [3.05, 3.63) is 71.6 Å². The highest BCUT2D eigenvalue weighted by Crippen LogP contribution is 2.35. The molecule has 2 aromatic heterocycles. The predicted octanol–water partition coefficient (Wildman–Crippen LogP) is 6.08. The molecule has 4 amide bonds. The molecule has 14 nitrogen and oxygen atoms in total. The molecule has 2 aromatic carbocycles. The fourth-order valence-electron chi connectivity index (χ4n) is 7.87. The number of nitrogens with zero attached hydrogens (tertiary/aromatic N) is 5. The number of likely N-dealkylation sites (N-methyl/N-ethyl adjacent to an activating group) is 1. The van der Waals surface area contributed by atoms with Gasteiger partial charge in [0.25, 0.3) is 0 Å². The summed E-state index contributed by atoms with van der Waals surface area (Å²) in [7, 11) is 2.74. The second-order valence-electron chi connectivity index (χ2n) is 15.1. The lowest BCUT2D eigenvalue weighted by Crippen LogP contribution is -2.51. The van der Waals surface area contributed by atoms with Crippen LogP contribution in [0.2, 0.25) is 0 Å². The van der Waals surface area contributed by atoms with Crippen molar-refractivity contribution in [2.75, 3.05) is 27.2 Å². The van der Waals surface area contributed by atoms with Gasteiger partial charge in [-0.3, -0.25) is 14.5 Å². The third-order valence-electron chi connectivity index (χ3n) is 10.8. The molecule has 288 valence electrons. The molecular formula is C40H52N8O6. The van der Waals surface area contributed by atoms with Crippen LogP contribution in [0.5, 0.6) is 0 Å². The van der Waals surface area contributed by atoms with Crippen LogP contribution in [0, 0.1) is 11.8 Å². The Balaban J connectivity index is 1.09. The topological polar surface area (TPSA) is 177 Å². The number of likely N-dealkylation sites (tertiary alicyclic amines) is 2. The summed E-state index contributed by atoms with van der Waals surface area (Å²) in [6, 6.07) is 12.8. The lowest BCUT2D eigenvalue weighted by molar-refractivity contribution is -0.138. The van der Waals surface area contributed by atoms with Crippen molar-refractivity contribution < 1.29 is 29.0 Å². The van der Waals surface area contributed by atoms with Crippen LogP contribution in [0.25, 0.3) is 22.2 Å². The van der Waals surface area contributed by atoms with E-state index in [4.69, 9.17) is 14.7 Å². The Bertz CT molecular complexity index is 1970. The lowest BCUT2D eigenvalue weighted by atomic mass is 10.0. The fourth-order valence-corrected chi connectivity index (χ4v) is 7.87. The van der Waals surface area contributed by atoms with E-state index in [0.29, 0.717) is 13.1 Å². The quantitative estimate of drug-likeness (QED) is 0.135. The number of benzene rings is 2. The van der Waals surface area contributed by atoms with Crippen LogP contribution in [0.1, 0.15) is 88.4 Å². The first kappa shape index (κ1) is 38.3. The number of amides is 4. The number of rotatable bonds is 12. The summed E-state index contributed by atoms with van der Waals surface area (Å²) in [5, 5.41) is 12.3. The molecule has 0 saturated carbocycles. The molecule has 4 aromatic rings. The number of hydrogen-bond donors (Lipinski definition) is 4. The molecule has 2 aliphatic rings. The molecule has 1 unspecified atom stereocenters. The Labute approximate surface area is 315 Å². The number of carbonyl (C=O) groups excluding carboxylic acids is 3. The van der Waals surface area contributed by atoms with Crippen molar-refractivity contribution in [1.82, 2.24) is 40.0 Å². The van der Waals surface area contributed by atoms with Crippen molar-refractivity contribution in [3.63, 3.8) is 0 Å². The Morgan fingerprint density at radius 2 is 1.54 bits per heavy atom. The number of carboxylic acid groups (broad SMARTS) is 1. The number of aryl methyl sites for hydroxylation is 2. The van der Waals surface area contributed by atoms with Gasteiger partial charge in [0.1, 0.15) is 23.7 Å². The standard InChI is InChI=1S/C40H52N8O6/c1-23(2)33(45-39(51)54-6)37(49)47-19-8-10-32(47)36-43-29-18-16-27(21-30(29)44-36)26-14-11-25(12-15-26)13-17-28-22-41-35(42-28)31-9-7-20-48(31)38(50)34(24(3)4)46(5)40(52)53/h11-12,14-16,18,21-24,31-34H,7-10,13,17,19-20H2,1-6H3,(H,41,42)(H,43,44)(H,45,51)(H,52,53)/t31-,32?,33-,34-/m0/s1. The maximum absolute atomic E-state index is 13.6. The second-order valence-corrected chi connectivity index (χ2v) is 15.1. The third kappa shape index (κ3) is 8.07. The molecule has 14 heteroatoms. The van der Waals surface area contributed by atoms with Gasteiger partial charge < -0.3 is 34.9 Å². The molecule has 6 rings (SSSR count). The molecule has 2 saturated heterocycles. The molecule has 0 radical (unpaired) electrons. The average molecular weight is 741 g/mol. The minimum Gasteiger partial charge on any atom is -0.465 e. The molecule has 0 aliphatic carbocycles. The number of carbonyl (C=O) groups is 4. The SMILES string of the molecule is COC(=O)N[C@H](C(=O)N1CCCC1c1nc2cc(-c3ccc(CCc4c[nH]c([C@@H]5CCCN5C(=O)[C@H](C(C)C)N(C)C(=O)O)n4)cc3)ccc2[nH]1)C(C)C. The summed E-state index contributed by atoms with van der Waals surface area (Å²) in [6.07, 6.45) is 4.94. The number of ether oxygens (including phenoxy) is 1. The number of nitrogens with one attached hydrogen (secondary N) is 3. The number of H-pyrrole nitrogens is 2. The van der Waals surface area contributed by atoms with Gasteiger partial charge in [-0.25, -0.2) is 19.6 Å². The number of methoxy groups -OCH3 is 1. The lowest BCUT2D eigenvalue weighted by Gasteiger charge is -2.33. The number of alkyl carbamates (subject to hydrolysis) is 1. The average Bonchev–Trinajstić information content (AvgIpc) is 3.98. The molecular weight excluding hydrogens is 688 g/mol. The van der Waals surface area contributed by atoms with Crippen LogP contribution in [0.3, 0.4) is 0 Å². The van der Waals surface area contributed by atoms with Gasteiger partial charge in [-0.2, -0.15) is 0 Å². The van der Waals surface area contributed by atoms with E-state index in [1.165, 1.54) is 19.7 Å². The molecule has 4 heterocycles. The first-order chi connectivity index (χ1) is 25.9. The van der Waals surface area contributed by atoms with Crippen molar-refractivity contribution in [2.45, 2.75) is 90.4 Å². The maximum atomic E-state index is 13.6. The second kappa shape index (κ2) is 16.3. The summed E-state index contributed by atoms with van der Waals surface area (Å²) in [5.74, 6) is 0.901. The largest absolute Gasteiger partial charge is 0.465 e. The normalized spacial score (nSPS) is 18.4. The Kier molecular flexibility index (Phi) is 11.6. The zero-order valence-corrected chi connectivity index (χ0v) is 32.0. The van der Waals surface area contributed by atoms with E-state index in [1.807, 2.05) is 44.9 Å². The number of fused-ring (bicyclic) bond motifs is 1. The highest BCUT2D eigenvalue weighted by Gasteiger charge is 2.40. The van der Waals surface area contributed by atoms with Crippen molar-refractivity contribution >= 4 is 35.0 Å². The van der Waals surface area contributed by atoms with Crippen LogP contribution >= 0.6 is 0 Å². The summed E-state index contributed by atoms with van der Waals surface area (Å²) >= 11 is 0. The van der Waals surface area contributed by atoms with Gasteiger partial charge in [0, 0.05) is 26.3 Å². The van der Waals surface area contributed by atoms with E-state index in [2.05, 4.69) is 51.7 Å². The van der Waals surface area contributed by atoms with E-state index < -0.39 is 24.3 Å². The smallest absolute Gasteiger partial charge is 0.407 e. The van der Waals surface area contributed by atoms with Gasteiger partial charge in [0.05, 0.1) is 35.9 Å². The Hall–Kier alpha value is -5.40. The van der Waals surface area contributed by atoms with Gasteiger partial charge in [0.2, 0.25) is 11.8 Å². The molecule has 2 aliphatic heterocycles. The number of hydrogen-bond acceptors (Lipinski definition) is 7. The molecule has 4 atom stereocenters.